The van der Waals surface area contributed by atoms with E-state index in [-0.39, 0.29) is 6.04 Å². The molecule has 2 aromatic rings. The first kappa shape index (κ1) is 11.2. The quantitative estimate of drug-likeness (QED) is 0.882. The van der Waals surface area contributed by atoms with Crippen LogP contribution in [0.25, 0.3) is 0 Å². The minimum absolute atomic E-state index is 0.200. The van der Waals surface area contributed by atoms with Crippen LogP contribution in [0.5, 0.6) is 0 Å². The first-order valence-corrected chi connectivity index (χ1v) is 5.91. The topological polar surface area (TPSA) is 63.8 Å². The number of aryl methyl sites for hydroxylation is 2. The van der Waals surface area contributed by atoms with E-state index in [2.05, 4.69) is 34.3 Å². The van der Waals surface area contributed by atoms with Gasteiger partial charge in [-0.15, -0.1) is 11.3 Å². The van der Waals surface area contributed by atoms with Gasteiger partial charge in [0.2, 0.25) is 5.89 Å². The smallest absolute Gasteiger partial charge is 0.240 e. The Bertz CT molecular complexity index is 465. The predicted molar refractivity (Wildman–Crippen MR) is 61.1 cm³/mol. The minimum Gasteiger partial charge on any atom is -0.338 e. The van der Waals surface area contributed by atoms with Crippen molar-refractivity contribution in [2.45, 2.75) is 33.4 Å². The van der Waals surface area contributed by atoms with Gasteiger partial charge in [-0.2, -0.15) is 4.98 Å². The average Bonchev–Trinajstić information content (AvgIpc) is 2.84. The molecule has 0 spiro atoms. The van der Waals surface area contributed by atoms with Gasteiger partial charge in [0.25, 0.3) is 0 Å². The van der Waals surface area contributed by atoms with Gasteiger partial charge in [0.05, 0.1) is 12.6 Å². The zero-order valence-corrected chi connectivity index (χ0v) is 10.3. The summed E-state index contributed by atoms with van der Waals surface area (Å²) in [5.41, 5.74) is 0. The zero-order chi connectivity index (χ0) is 11.5. The van der Waals surface area contributed by atoms with Gasteiger partial charge in [-0.25, -0.2) is 4.98 Å². The number of nitrogens with zero attached hydrogens (tertiary/aromatic N) is 3. The molecule has 5 nitrogen and oxygen atoms in total. The Morgan fingerprint density at radius 2 is 2.31 bits per heavy atom. The molecule has 0 saturated carbocycles. The Hall–Kier alpha value is -1.27. The Morgan fingerprint density at radius 1 is 1.50 bits per heavy atom. The minimum atomic E-state index is 0.200. The Balaban J connectivity index is 1.91. The summed E-state index contributed by atoms with van der Waals surface area (Å²) < 4.78 is 5.02. The highest BCUT2D eigenvalue weighted by molar-refractivity contribution is 7.11. The molecule has 6 heteroatoms. The largest absolute Gasteiger partial charge is 0.338 e. The molecule has 2 heterocycles. The average molecular weight is 238 g/mol. The van der Waals surface area contributed by atoms with Crippen molar-refractivity contribution in [3.05, 3.63) is 27.8 Å². The molecule has 1 unspecified atom stereocenters. The molecule has 0 aliphatic heterocycles. The maximum atomic E-state index is 5.02. The van der Waals surface area contributed by atoms with Gasteiger partial charge in [0, 0.05) is 11.1 Å². The summed E-state index contributed by atoms with van der Waals surface area (Å²) >= 11 is 1.70. The van der Waals surface area contributed by atoms with E-state index in [1.807, 2.05) is 6.20 Å². The van der Waals surface area contributed by atoms with E-state index in [9.17, 15) is 0 Å². The summed E-state index contributed by atoms with van der Waals surface area (Å²) in [6.45, 7) is 6.50. The van der Waals surface area contributed by atoms with Crippen molar-refractivity contribution in [1.82, 2.24) is 20.4 Å². The summed E-state index contributed by atoms with van der Waals surface area (Å²) in [7, 11) is 0. The maximum Gasteiger partial charge on any atom is 0.240 e. The van der Waals surface area contributed by atoms with Crippen LogP contribution in [-0.4, -0.2) is 15.1 Å². The lowest BCUT2D eigenvalue weighted by molar-refractivity contribution is 0.357. The Morgan fingerprint density at radius 3 is 2.88 bits per heavy atom. The fraction of sp³-hybridized carbons (Fsp3) is 0.500. The molecule has 0 radical (unpaired) electrons. The first-order chi connectivity index (χ1) is 7.65. The number of thiazole rings is 1. The number of hydrogen-bond donors (Lipinski definition) is 1. The van der Waals surface area contributed by atoms with E-state index in [4.69, 9.17) is 4.52 Å². The fourth-order valence-corrected chi connectivity index (χ4v) is 2.11. The van der Waals surface area contributed by atoms with Crippen molar-refractivity contribution in [3.8, 4) is 0 Å². The van der Waals surface area contributed by atoms with Crippen molar-refractivity contribution in [2.24, 2.45) is 0 Å². The molecule has 1 N–H and O–H groups in total. The lowest BCUT2D eigenvalue weighted by atomic mass is 10.3. The SMILES string of the molecule is Cc1noc(CNC(C)c2ncc(C)s2)n1. The monoisotopic (exact) mass is 238 g/mol. The Labute approximate surface area is 97.9 Å². The van der Waals surface area contributed by atoms with Gasteiger partial charge in [0.1, 0.15) is 5.01 Å². The fourth-order valence-electron chi connectivity index (χ4n) is 1.31. The molecule has 86 valence electrons. The van der Waals surface area contributed by atoms with Crippen LogP contribution in [-0.2, 0) is 6.54 Å². The highest BCUT2D eigenvalue weighted by atomic mass is 32.1. The third-order valence-corrected chi connectivity index (χ3v) is 3.23. The van der Waals surface area contributed by atoms with Crippen LogP contribution in [0.1, 0.15) is 34.6 Å². The molecular weight excluding hydrogens is 224 g/mol. The number of nitrogens with one attached hydrogen (secondary N) is 1. The third kappa shape index (κ3) is 2.65. The van der Waals surface area contributed by atoms with Crippen LogP contribution < -0.4 is 5.32 Å². The van der Waals surface area contributed by atoms with E-state index < -0.39 is 0 Å². The molecule has 0 aliphatic rings. The van der Waals surface area contributed by atoms with Crippen LogP contribution in [0.3, 0.4) is 0 Å². The van der Waals surface area contributed by atoms with Gasteiger partial charge in [-0.05, 0) is 20.8 Å². The molecule has 2 rings (SSSR count). The molecule has 16 heavy (non-hydrogen) atoms. The number of rotatable bonds is 4. The van der Waals surface area contributed by atoms with Crippen molar-refractivity contribution >= 4 is 11.3 Å². The molecule has 0 amide bonds. The number of hydrogen-bond acceptors (Lipinski definition) is 6. The van der Waals surface area contributed by atoms with E-state index in [1.165, 1.54) is 4.88 Å². The van der Waals surface area contributed by atoms with Crippen LogP contribution >= 0.6 is 11.3 Å². The normalized spacial score (nSPS) is 12.9. The second kappa shape index (κ2) is 4.71. The van der Waals surface area contributed by atoms with Crippen LogP contribution in [0, 0.1) is 13.8 Å². The van der Waals surface area contributed by atoms with Gasteiger partial charge in [-0.3, -0.25) is 5.32 Å². The van der Waals surface area contributed by atoms with Gasteiger partial charge >= 0.3 is 0 Å². The summed E-state index contributed by atoms with van der Waals surface area (Å²) in [6.07, 6.45) is 1.88. The van der Waals surface area contributed by atoms with E-state index >= 15 is 0 Å². The molecule has 0 aromatic carbocycles. The molecular formula is C10H14N4OS. The number of aromatic nitrogens is 3. The van der Waals surface area contributed by atoms with E-state index in [1.54, 1.807) is 18.3 Å². The molecule has 0 aliphatic carbocycles. The van der Waals surface area contributed by atoms with Crippen molar-refractivity contribution in [2.75, 3.05) is 0 Å². The third-order valence-electron chi connectivity index (χ3n) is 2.14. The lowest BCUT2D eigenvalue weighted by Crippen LogP contribution is -2.18. The standard InChI is InChI=1S/C10H14N4OS/c1-6-4-12-10(16-6)7(2)11-5-9-13-8(3)14-15-9/h4,7,11H,5H2,1-3H3. The van der Waals surface area contributed by atoms with Crippen LogP contribution in [0.15, 0.2) is 10.7 Å². The predicted octanol–water partition coefficient (Wildman–Crippen LogP) is 1.99. The highest BCUT2D eigenvalue weighted by Gasteiger charge is 2.10. The van der Waals surface area contributed by atoms with Gasteiger partial charge in [0.15, 0.2) is 5.82 Å². The van der Waals surface area contributed by atoms with Gasteiger partial charge in [-0.1, -0.05) is 5.16 Å². The Kier molecular flexibility index (Phi) is 3.31. The van der Waals surface area contributed by atoms with Crippen LogP contribution in [0.4, 0.5) is 0 Å². The van der Waals surface area contributed by atoms with E-state index in [0.29, 0.717) is 18.3 Å². The first-order valence-electron chi connectivity index (χ1n) is 5.10. The molecule has 0 fully saturated rings. The second-order valence-corrected chi connectivity index (χ2v) is 4.91. The van der Waals surface area contributed by atoms with Crippen molar-refractivity contribution in [3.63, 3.8) is 0 Å². The summed E-state index contributed by atoms with van der Waals surface area (Å²) in [5, 5.41) is 8.10. The lowest BCUT2D eigenvalue weighted by Gasteiger charge is -2.08. The summed E-state index contributed by atoms with van der Waals surface area (Å²) in [6, 6.07) is 0.200. The second-order valence-electron chi connectivity index (χ2n) is 3.65. The zero-order valence-electron chi connectivity index (χ0n) is 9.52. The van der Waals surface area contributed by atoms with Crippen LogP contribution in [0.2, 0.25) is 0 Å². The van der Waals surface area contributed by atoms with Gasteiger partial charge < -0.3 is 4.52 Å². The van der Waals surface area contributed by atoms with Crippen molar-refractivity contribution in [1.29, 1.82) is 0 Å². The highest BCUT2D eigenvalue weighted by Crippen LogP contribution is 2.19. The summed E-state index contributed by atoms with van der Waals surface area (Å²) in [5.74, 6) is 1.27. The molecule has 2 aromatic heterocycles. The maximum absolute atomic E-state index is 5.02. The molecule has 0 saturated heterocycles. The molecule has 1 atom stereocenters. The summed E-state index contributed by atoms with van der Waals surface area (Å²) in [4.78, 5) is 9.67. The molecule has 0 bridgehead atoms. The van der Waals surface area contributed by atoms with E-state index in [0.717, 1.165) is 5.01 Å². The van der Waals surface area contributed by atoms with Crippen molar-refractivity contribution < 1.29 is 4.52 Å².